The first kappa shape index (κ1) is 11.5. The molecule has 1 heteroatoms. The van der Waals surface area contributed by atoms with Gasteiger partial charge in [-0.05, 0) is 37.7 Å². The second kappa shape index (κ2) is 6.00. The molecule has 1 nitrogen and oxygen atoms in total. The highest BCUT2D eigenvalue weighted by Gasteiger charge is 2.15. The third-order valence-electron chi connectivity index (χ3n) is 3.17. The highest BCUT2D eigenvalue weighted by atomic mass is 16.1. The maximum atomic E-state index is 11.9. The zero-order valence-electron chi connectivity index (χ0n) is 9.51. The van der Waals surface area contributed by atoms with Gasteiger partial charge in [0.15, 0.2) is 5.78 Å². The Morgan fingerprint density at radius 2 is 2.07 bits per heavy atom. The molecule has 1 aliphatic rings. The lowest BCUT2D eigenvalue weighted by Crippen LogP contribution is -2.13. The van der Waals surface area contributed by atoms with Crippen molar-refractivity contribution in [1.29, 1.82) is 0 Å². The van der Waals surface area contributed by atoms with Crippen molar-refractivity contribution in [2.45, 2.75) is 58.8 Å². The van der Waals surface area contributed by atoms with Crippen molar-refractivity contribution in [2.24, 2.45) is 5.92 Å². The Balaban J connectivity index is 2.58. The summed E-state index contributed by atoms with van der Waals surface area (Å²) in [7, 11) is 0. The van der Waals surface area contributed by atoms with Gasteiger partial charge in [-0.25, -0.2) is 0 Å². The molecule has 0 aromatic rings. The third-order valence-corrected chi connectivity index (χ3v) is 3.17. The average Bonchev–Trinajstić information content (AvgIpc) is 2.15. The Labute approximate surface area is 87.6 Å². The first-order valence-corrected chi connectivity index (χ1v) is 5.99. The maximum absolute atomic E-state index is 11.9. The summed E-state index contributed by atoms with van der Waals surface area (Å²) in [6.07, 6.45) is 10.4. The fourth-order valence-electron chi connectivity index (χ4n) is 1.92. The lowest BCUT2D eigenvalue weighted by Gasteiger charge is -2.13. The van der Waals surface area contributed by atoms with Crippen molar-refractivity contribution < 1.29 is 4.79 Å². The molecule has 0 fully saturated rings. The summed E-state index contributed by atoms with van der Waals surface area (Å²) in [6.45, 7) is 4.13. The van der Waals surface area contributed by atoms with Crippen LogP contribution in [0.1, 0.15) is 58.8 Å². The monoisotopic (exact) mass is 194 g/mol. The maximum Gasteiger partial charge on any atom is 0.161 e. The lowest BCUT2D eigenvalue weighted by molar-refractivity contribution is -0.119. The minimum atomic E-state index is 0.223. The van der Waals surface area contributed by atoms with Gasteiger partial charge in [-0.2, -0.15) is 0 Å². The summed E-state index contributed by atoms with van der Waals surface area (Å²) >= 11 is 0. The van der Waals surface area contributed by atoms with E-state index in [9.17, 15) is 4.79 Å². The Morgan fingerprint density at radius 3 is 2.79 bits per heavy atom. The molecule has 0 amide bonds. The molecule has 0 spiro atoms. The predicted molar refractivity (Wildman–Crippen MR) is 60.2 cm³/mol. The van der Waals surface area contributed by atoms with Crippen LogP contribution in [-0.2, 0) is 4.79 Å². The highest BCUT2D eigenvalue weighted by Crippen LogP contribution is 2.21. The predicted octanol–water partition coefficient (Wildman–Crippen LogP) is 3.88. The number of hydrogen-bond acceptors (Lipinski definition) is 1. The first-order chi connectivity index (χ1) is 6.75. The average molecular weight is 194 g/mol. The standard InChI is InChI=1S/C13H22O/c1-3-11(2)13(14)12-9-7-5-4-6-8-10-12/h9,11H,3-8,10H2,1-2H3/b12-9+. The topological polar surface area (TPSA) is 17.1 Å². The third kappa shape index (κ3) is 3.28. The van der Waals surface area contributed by atoms with Crippen molar-refractivity contribution in [2.75, 3.05) is 0 Å². The smallest absolute Gasteiger partial charge is 0.161 e. The molecule has 0 aliphatic heterocycles. The van der Waals surface area contributed by atoms with Crippen LogP contribution in [0, 0.1) is 5.92 Å². The summed E-state index contributed by atoms with van der Waals surface area (Å²) < 4.78 is 0. The van der Waals surface area contributed by atoms with Gasteiger partial charge in [-0.1, -0.05) is 32.8 Å². The molecule has 0 aromatic carbocycles. The number of carbonyl (C=O) groups is 1. The number of rotatable bonds is 3. The largest absolute Gasteiger partial charge is 0.294 e. The van der Waals surface area contributed by atoms with E-state index in [1.54, 1.807) is 0 Å². The molecule has 0 heterocycles. The quantitative estimate of drug-likeness (QED) is 0.666. The lowest BCUT2D eigenvalue weighted by atomic mass is 9.91. The van der Waals surface area contributed by atoms with E-state index >= 15 is 0 Å². The van der Waals surface area contributed by atoms with Gasteiger partial charge in [0.1, 0.15) is 0 Å². The van der Waals surface area contributed by atoms with Crippen molar-refractivity contribution in [3.63, 3.8) is 0 Å². The SMILES string of the molecule is CCC(C)C(=O)/C1=C/CCCCCC1. The van der Waals surface area contributed by atoms with E-state index in [2.05, 4.69) is 13.0 Å². The van der Waals surface area contributed by atoms with Crippen LogP contribution in [-0.4, -0.2) is 5.78 Å². The summed E-state index contributed by atoms with van der Waals surface area (Å²) in [5.74, 6) is 0.620. The molecule has 14 heavy (non-hydrogen) atoms. The van der Waals surface area contributed by atoms with Gasteiger partial charge in [0.25, 0.3) is 0 Å². The van der Waals surface area contributed by atoms with E-state index in [4.69, 9.17) is 0 Å². The Bertz CT molecular complexity index is 215. The van der Waals surface area contributed by atoms with Crippen molar-refractivity contribution >= 4 is 5.78 Å². The molecule has 0 saturated heterocycles. The van der Waals surface area contributed by atoms with Crippen LogP contribution >= 0.6 is 0 Å². The molecule has 80 valence electrons. The van der Waals surface area contributed by atoms with E-state index in [-0.39, 0.29) is 5.92 Å². The normalized spacial score (nSPS) is 24.3. The summed E-state index contributed by atoms with van der Waals surface area (Å²) in [5, 5.41) is 0. The summed E-state index contributed by atoms with van der Waals surface area (Å²) in [5.41, 5.74) is 1.11. The number of hydrogen-bond donors (Lipinski definition) is 0. The van der Waals surface area contributed by atoms with Gasteiger partial charge in [-0.15, -0.1) is 0 Å². The van der Waals surface area contributed by atoms with Gasteiger partial charge >= 0.3 is 0 Å². The zero-order valence-corrected chi connectivity index (χ0v) is 9.51. The minimum Gasteiger partial charge on any atom is -0.294 e. The van der Waals surface area contributed by atoms with Gasteiger partial charge in [-0.3, -0.25) is 4.79 Å². The van der Waals surface area contributed by atoms with Crippen LogP contribution < -0.4 is 0 Å². The van der Waals surface area contributed by atoms with Crippen LogP contribution in [0.15, 0.2) is 11.6 Å². The summed E-state index contributed by atoms with van der Waals surface area (Å²) in [4.78, 5) is 11.9. The molecule has 0 radical (unpaired) electrons. The number of ketones is 1. The van der Waals surface area contributed by atoms with E-state index in [1.165, 1.54) is 25.7 Å². The first-order valence-electron chi connectivity index (χ1n) is 5.99. The van der Waals surface area contributed by atoms with Crippen LogP contribution in [0.4, 0.5) is 0 Å². The number of carbonyl (C=O) groups excluding carboxylic acids is 1. The highest BCUT2D eigenvalue weighted by molar-refractivity contribution is 5.96. The molecule has 1 aliphatic carbocycles. The second-order valence-electron chi connectivity index (χ2n) is 4.36. The Hall–Kier alpha value is -0.590. The van der Waals surface area contributed by atoms with Crippen LogP contribution in [0.25, 0.3) is 0 Å². The van der Waals surface area contributed by atoms with Crippen LogP contribution in [0.2, 0.25) is 0 Å². The van der Waals surface area contributed by atoms with Gasteiger partial charge < -0.3 is 0 Å². The Kier molecular flexibility index (Phi) is 4.92. The van der Waals surface area contributed by atoms with E-state index in [0.29, 0.717) is 5.78 Å². The van der Waals surface area contributed by atoms with E-state index in [0.717, 1.165) is 24.8 Å². The molecule has 0 bridgehead atoms. The van der Waals surface area contributed by atoms with Gasteiger partial charge in [0.2, 0.25) is 0 Å². The molecular formula is C13H22O. The fourth-order valence-corrected chi connectivity index (χ4v) is 1.92. The minimum absolute atomic E-state index is 0.223. The molecule has 1 atom stereocenters. The van der Waals surface area contributed by atoms with Gasteiger partial charge in [0.05, 0.1) is 0 Å². The van der Waals surface area contributed by atoms with Crippen molar-refractivity contribution in [1.82, 2.24) is 0 Å². The molecular weight excluding hydrogens is 172 g/mol. The van der Waals surface area contributed by atoms with Crippen molar-refractivity contribution in [3.05, 3.63) is 11.6 Å². The zero-order chi connectivity index (χ0) is 10.4. The summed E-state index contributed by atoms with van der Waals surface area (Å²) in [6, 6.07) is 0. The fraction of sp³-hybridized carbons (Fsp3) is 0.769. The van der Waals surface area contributed by atoms with E-state index in [1.807, 2.05) is 6.92 Å². The van der Waals surface area contributed by atoms with Gasteiger partial charge in [0, 0.05) is 5.92 Å². The number of Topliss-reactive ketones (excluding diaryl/α,β-unsaturated/α-hetero) is 1. The van der Waals surface area contributed by atoms with E-state index < -0.39 is 0 Å². The Morgan fingerprint density at radius 1 is 1.36 bits per heavy atom. The molecule has 1 rings (SSSR count). The molecule has 1 unspecified atom stereocenters. The number of allylic oxidation sites excluding steroid dienone is 2. The molecule has 0 aromatic heterocycles. The van der Waals surface area contributed by atoms with Crippen LogP contribution in [0.3, 0.4) is 0 Å². The second-order valence-corrected chi connectivity index (χ2v) is 4.36. The van der Waals surface area contributed by atoms with Crippen LogP contribution in [0.5, 0.6) is 0 Å². The molecule has 0 saturated carbocycles. The van der Waals surface area contributed by atoms with Crippen molar-refractivity contribution in [3.8, 4) is 0 Å². The molecule has 0 N–H and O–H groups in total.